The van der Waals surface area contributed by atoms with E-state index < -0.39 is 18.4 Å². The predicted molar refractivity (Wildman–Crippen MR) is 119 cm³/mol. The summed E-state index contributed by atoms with van der Waals surface area (Å²) in [5.41, 5.74) is 7.04. The van der Waals surface area contributed by atoms with Gasteiger partial charge in [0.15, 0.2) is 5.78 Å². The molecule has 3 rings (SSSR count). The minimum atomic E-state index is -4.77. The van der Waals surface area contributed by atoms with Crippen LogP contribution in [0.4, 0.5) is 13.2 Å². The number of nitrogens with zero attached hydrogens (tertiary/aromatic N) is 1. The summed E-state index contributed by atoms with van der Waals surface area (Å²) in [5, 5.41) is 2.86. The Labute approximate surface area is 194 Å². The molecule has 0 bridgehead atoms. The molecule has 11 heteroatoms. The number of hydrogen-bond acceptors (Lipinski definition) is 6. The Morgan fingerprint density at radius 1 is 1.31 bits per heavy atom. The summed E-state index contributed by atoms with van der Waals surface area (Å²) in [5.74, 6) is -0.276. The standard InChI is InChI=1S/C21H24F3N3O3S.ClH/c1-2-3-8-26-20(29)14-9-17-18(19(28)16(25)12-31-17)27(11-14)10-13-4-6-15(7-5-13)30-21(22,23)24;/h4-7,9,11,16,18H,2-3,8,10,12,25H2,1H3,(H,26,29);1H/t16-,18?;/m0./s1. The number of alkyl halides is 3. The van der Waals surface area contributed by atoms with Crippen molar-refractivity contribution >= 4 is 35.9 Å². The molecule has 1 aromatic carbocycles. The maximum Gasteiger partial charge on any atom is 0.573 e. The number of thioether (sulfide) groups is 1. The van der Waals surface area contributed by atoms with Gasteiger partial charge in [-0.3, -0.25) is 9.59 Å². The second kappa shape index (κ2) is 11.1. The molecule has 0 radical (unpaired) electrons. The summed E-state index contributed by atoms with van der Waals surface area (Å²) < 4.78 is 41.0. The fraction of sp³-hybridized carbons (Fsp3) is 0.429. The third kappa shape index (κ3) is 6.66. The number of halogens is 4. The summed E-state index contributed by atoms with van der Waals surface area (Å²) in [6.07, 6.45) is 0.378. The molecule has 176 valence electrons. The van der Waals surface area contributed by atoms with Crippen LogP contribution in [0.25, 0.3) is 0 Å². The number of unbranched alkanes of at least 4 members (excludes halogenated alkanes) is 1. The van der Waals surface area contributed by atoms with Crippen LogP contribution in [0, 0.1) is 0 Å². The first kappa shape index (κ1) is 26.1. The van der Waals surface area contributed by atoms with Gasteiger partial charge in [0.25, 0.3) is 5.91 Å². The molecule has 6 nitrogen and oxygen atoms in total. The van der Waals surface area contributed by atoms with E-state index in [0.717, 1.165) is 17.7 Å². The minimum Gasteiger partial charge on any atom is -0.406 e. The zero-order chi connectivity index (χ0) is 22.6. The molecule has 0 aliphatic carbocycles. The number of amides is 1. The zero-order valence-electron chi connectivity index (χ0n) is 17.4. The van der Waals surface area contributed by atoms with Crippen molar-refractivity contribution in [1.82, 2.24) is 10.2 Å². The van der Waals surface area contributed by atoms with Crippen LogP contribution in [0.2, 0.25) is 0 Å². The first-order valence-electron chi connectivity index (χ1n) is 9.92. The number of hydrogen-bond donors (Lipinski definition) is 2. The van der Waals surface area contributed by atoms with Crippen LogP contribution in [0.3, 0.4) is 0 Å². The number of benzene rings is 1. The van der Waals surface area contributed by atoms with Crippen molar-refractivity contribution in [2.75, 3.05) is 12.3 Å². The van der Waals surface area contributed by atoms with E-state index in [2.05, 4.69) is 10.1 Å². The van der Waals surface area contributed by atoms with Crippen molar-refractivity contribution in [2.45, 2.75) is 44.8 Å². The summed E-state index contributed by atoms with van der Waals surface area (Å²) >= 11 is 1.44. The van der Waals surface area contributed by atoms with Crippen LogP contribution >= 0.6 is 24.2 Å². The second-order valence-electron chi connectivity index (χ2n) is 7.33. The third-order valence-corrected chi connectivity index (χ3v) is 6.07. The first-order chi connectivity index (χ1) is 14.7. The molecule has 2 aliphatic rings. The van der Waals surface area contributed by atoms with Crippen molar-refractivity contribution in [1.29, 1.82) is 0 Å². The number of carbonyl (C=O) groups excluding carboxylic acids is 2. The Morgan fingerprint density at radius 2 is 2.00 bits per heavy atom. The highest BCUT2D eigenvalue weighted by molar-refractivity contribution is 8.03. The molecule has 1 saturated heterocycles. The largest absolute Gasteiger partial charge is 0.573 e. The molecule has 0 aromatic heterocycles. The van der Waals surface area contributed by atoms with Gasteiger partial charge in [-0.25, -0.2) is 0 Å². The fourth-order valence-corrected chi connectivity index (χ4v) is 4.49. The van der Waals surface area contributed by atoms with Gasteiger partial charge in [0.1, 0.15) is 11.8 Å². The van der Waals surface area contributed by atoms with Gasteiger partial charge in [0.2, 0.25) is 0 Å². The summed E-state index contributed by atoms with van der Waals surface area (Å²) in [7, 11) is 0. The Kier molecular flexibility index (Phi) is 9.06. The number of ether oxygens (including phenoxy) is 1. The van der Waals surface area contributed by atoms with Crippen LogP contribution < -0.4 is 15.8 Å². The van der Waals surface area contributed by atoms with Crippen LogP contribution in [0.1, 0.15) is 25.3 Å². The molecule has 0 spiro atoms. The molecule has 32 heavy (non-hydrogen) atoms. The van der Waals surface area contributed by atoms with Crippen molar-refractivity contribution in [3.8, 4) is 5.75 Å². The SMILES string of the molecule is CCCCNC(=O)C1=CN(Cc2ccc(OC(F)(F)F)cc2)C2C(=O)[C@@H](N)CSC2=C1.Cl. The lowest BCUT2D eigenvalue weighted by Gasteiger charge is -2.39. The molecule has 0 saturated carbocycles. The van der Waals surface area contributed by atoms with E-state index in [1.165, 1.54) is 36.0 Å². The molecule has 2 heterocycles. The zero-order valence-corrected chi connectivity index (χ0v) is 19.0. The normalized spacial score (nSPS) is 20.5. The summed E-state index contributed by atoms with van der Waals surface area (Å²) in [6, 6.07) is 4.18. The van der Waals surface area contributed by atoms with Gasteiger partial charge in [-0.15, -0.1) is 37.3 Å². The number of rotatable bonds is 7. The van der Waals surface area contributed by atoms with E-state index in [1.54, 1.807) is 17.2 Å². The lowest BCUT2D eigenvalue weighted by molar-refractivity contribution is -0.274. The second-order valence-corrected chi connectivity index (χ2v) is 8.42. The molecular weight excluding hydrogens is 467 g/mol. The van der Waals surface area contributed by atoms with E-state index in [9.17, 15) is 22.8 Å². The number of ketones is 1. The van der Waals surface area contributed by atoms with Gasteiger partial charge < -0.3 is 20.7 Å². The molecule has 1 aromatic rings. The number of nitrogens with one attached hydrogen (secondary N) is 1. The van der Waals surface area contributed by atoms with E-state index in [-0.39, 0.29) is 36.4 Å². The number of Topliss-reactive ketones (excluding diaryl/α,β-unsaturated/α-hetero) is 1. The number of carbonyl (C=O) groups is 2. The van der Waals surface area contributed by atoms with Crippen molar-refractivity contribution in [3.05, 3.63) is 52.6 Å². The summed E-state index contributed by atoms with van der Waals surface area (Å²) in [4.78, 5) is 27.8. The monoisotopic (exact) mass is 491 g/mol. The quantitative estimate of drug-likeness (QED) is 0.568. The van der Waals surface area contributed by atoms with E-state index in [1.807, 2.05) is 6.92 Å². The first-order valence-corrected chi connectivity index (χ1v) is 10.9. The molecule has 2 aliphatic heterocycles. The van der Waals surface area contributed by atoms with Crippen molar-refractivity contribution in [3.63, 3.8) is 0 Å². The molecule has 2 atom stereocenters. The van der Waals surface area contributed by atoms with E-state index >= 15 is 0 Å². The molecule has 1 amide bonds. The summed E-state index contributed by atoms with van der Waals surface area (Å²) in [6.45, 7) is 2.80. The molecule has 1 unspecified atom stereocenters. The maximum atomic E-state index is 12.8. The van der Waals surface area contributed by atoms with Crippen molar-refractivity contribution in [2.24, 2.45) is 5.73 Å². The Morgan fingerprint density at radius 3 is 2.62 bits per heavy atom. The van der Waals surface area contributed by atoms with Gasteiger partial charge in [0, 0.05) is 29.9 Å². The van der Waals surface area contributed by atoms with Gasteiger partial charge in [-0.1, -0.05) is 25.5 Å². The Hall–Kier alpha value is -2.17. The van der Waals surface area contributed by atoms with E-state index in [0.29, 0.717) is 23.4 Å². The van der Waals surface area contributed by atoms with Crippen LogP contribution in [-0.4, -0.2) is 47.3 Å². The van der Waals surface area contributed by atoms with Gasteiger partial charge in [0.05, 0.1) is 11.6 Å². The Balaban J connectivity index is 0.00000363. The highest BCUT2D eigenvalue weighted by Gasteiger charge is 2.39. The average molecular weight is 492 g/mol. The van der Waals surface area contributed by atoms with Crippen molar-refractivity contribution < 1.29 is 27.5 Å². The van der Waals surface area contributed by atoms with E-state index in [4.69, 9.17) is 5.73 Å². The lowest BCUT2D eigenvalue weighted by Crippen LogP contribution is -2.52. The smallest absolute Gasteiger partial charge is 0.406 e. The maximum absolute atomic E-state index is 12.8. The highest BCUT2D eigenvalue weighted by Crippen LogP contribution is 2.36. The molecular formula is C21H25ClF3N3O3S. The van der Waals surface area contributed by atoms with Crippen LogP contribution in [0.5, 0.6) is 5.75 Å². The topological polar surface area (TPSA) is 84.7 Å². The highest BCUT2D eigenvalue weighted by atomic mass is 35.5. The molecule has 1 fully saturated rings. The fourth-order valence-electron chi connectivity index (χ4n) is 3.33. The average Bonchev–Trinajstić information content (AvgIpc) is 2.71. The number of nitrogens with two attached hydrogens (primary N) is 1. The van der Waals surface area contributed by atoms with Gasteiger partial charge >= 0.3 is 6.36 Å². The molecule has 3 N–H and O–H groups in total. The Bertz CT molecular complexity index is 891. The minimum absolute atomic E-state index is 0. The van der Waals surface area contributed by atoms with Gasteiger partial charge in [-0.2, -0.15) is 0 Å². The van der Waals surface area contributed by atoms with Gasteiger partial charge in [-0.05, 0) is 30.2 Å². The number of fused-ring (bicyclic) bond motifs is 1. The lowest BCUT2D eigenvalue weighted by atomic mass is 9.98. The predicted octanol–water partition coefficient (Wildman–Crippen LogP) is 3.52. The van der Waals surface area contributed by atoms with Crippen LogP contribution in [0.15, 0.2) is 47.0 Å². The van der Waals surface area contributed by atoms with Crippen LogP contribution in [-0.2, 0) is 16.1 Å². The third-order valence-electron chi connectivity index (χ3n) is 4.87.